The molecule has 1 heterocycles. The van der Waals surface area contributed by atoms with Crippen LogP contribution in [0, 0.1) is 0 Å². The van der Waals surface area contributed by atoms with E-state index in [1.54, 1.807) is 12.3 Å². The van der Waals surface area contributed by atoms with Crippen molar-refractivity contribution < 1.29 is 18.7 Å². The third kappa shape index (κ3) is 5.56. The minimum absolute atomic E-state index is 0.244. The van der Waals surface area contributed by atoms with Crippen molar-refractivity contribution in [3.8, 4) is 0 Å². The van der Waals surface area contributed by atoms with Crippen LogP contribution in [0.1, 0.15) is 33.0 Å². The van der Waals surface area contributed by atoms with Crippen molar-refractivity contribution in [1.82, 2.24) is 0 Å². The van der Waals surface area contributed by atoms with Gasteiger partial charge in [-0.15, -0.1) is 0 Å². The fraction of sp³-hybridized carbons (Fsp3) is 0.583. The van der Waals surface area contributed by atoms with Gasteiger partial charge < -0.3 is 13.9 Å². The maximum absolute atomic E-state index is 11.3. The van der Waals surface area contributed by atoms with Crippen LogP contribution in [0.4, 0.5) is 0 Å². The lowest BCUT2D eigenvalue weighted by Crippen LogP contribution is -2.24. The van der Waals surface area contributed by atoms with E-state index in [1.807, 2.05) is 26.8 Å². The number of hydrogen-bond acceptors (Lipinski definition) is 4. The second kappa shape index (κ2) is 5.70. The third-order valence-corrected chi connectivity index (χ3v) is 1.69. The van der Waals surface area contributed by atoms with Crippen LogP contribution < -0.4 is 0 Å². The van der Waals surface area contributed by atoms with Crippen molar-refractivity contribution in [2.75, 3.05) is 6.61 Å². The highest BCUT2D eigenvalue weighted by molar-refractivity contribution is 5.69. The van der Waals surface area contributed by atoms with E-state index in [-0.39, 0.29) is 12.4 Å². The predicted octanol–water partition coefficient (Wildman–Crippen LogP) is 2.53. The zero-order valence-electron chi connectivity index (χ0n) is 9.99. The molecule has 0 fully saturated rings. The fourth-order valence-corrected chi connectivity index (χ4v) is 1.12. The summed E-state index contributed by atoms with van der Waals surface area (Å²) in [5, 5.41) is 0. The zero-order valence-corrected chi connectivity index (χ0v) is 9.99. The molecule has 90 valence electrons. The van der Waals surface area contributed by atoms with Gasteiger partial charge in [-0.2, -0.15) is 0 Å². The third-order valence-electron chi connectivity index (χ3n) is 1.69. The lowest BCUT2D eigenvalue weighted by molar-refractivity contribution is -0.156. The molecule has 0 atom stereocenters. The second-order valence-corrected chi connectivity index (χ2v) is 4.47. The number of esters is 1. The maximum atomic E-state index is 11.3. The van der Waals surface area contributed by atoms with Gasteiger partial charge in [-0.05, 0) is 32.9 Å². The lowest BCUT2D eigenvalue weighted by Gasteiger charge is -2.19. The first-order chi connectivity index (χ1) is 7.47. The average Bonchev–Trinajstić information content (AvgIpc) is 2.62. The van der Waals surface area contributed by atoms with Crippen molar-refractivity contribution in [3.05, 3.63) is 24.2 Å². The molecule has 0 unspecified atom stereocenters. The van der Waals surface area contributed by atoms with Gasteiger partial charge in [-0.1, -0.05) is 0 Å². The van der Waals surface area contributed by atoms with Gasteiger partial charge in [0, 0.05) is 0 Å². The molecule has 0 aliphatic rings. The van der Waals surface area contributed by atoms with Gasteiger partial charge in [0.15, 0.2) is 0 Å². The van der Waals surface area contributed by atoms with Crippen LogP contribution in [-0.2, 0) is 20.9 Å². The fourth-order valence-electron chi connectivity index (χ4n) is 1.12. The van der Waals surface area contributed by atoms with E-state index in [9.17, 15) is 4.79 Å². The first kappa shape index (κ1) is 12.8. The predicted molar refractivity (Wildman–Crippen MR) is 58.8 cm³/mol. The van der Waals surface area contributed by atoms with E-state index in [0.717, 1.165) is 5.76 Å². The molecule has 0 saturated heterocycles. The lowest BCUT2D eigenvalue weighted by atomic mass is 10.2. The van der Waals surface area contributed by atoms with E-state index >= 15 is 0 Å². The molecule has 0 spiro atoms. The number of ether oxygens (including phenoxy) is 2. The zero-order chi connectivity index (χ0) is 12.0. The number of carbonyl (C=O) groups is 1. The summed E-state index contributed by atoms with van der Waals surface area (Å²) in [6.45, 7) is 6.25. The standard InChI is InChI=1S/C12H18O4/c1-12(2,3)16-11(13)6-8-14-9-10-5-4-7-15-10/h4-5,7H,6,8-9H2,1-3H3. The first-order valence-electron chi connectivity index (χ1n) is 5.29. The van der Waals surface area contributed by atoms with Gasteiger partial charge in [-0.25, -0.2) is 0 Å². The van der Waals surface area contributed by atoms with E-state index < -0.39 is 5.60 Å². The highest BCUT2D eigenvalue weighted by Gasteiger charge is 2.15. The second-order valence-electron chi connectivity index (χ2n) is 4.47. The van der Waals surface area contributed by atoms with Gasteiger partial charge in [0.05, 0.1) is 19.3 Å². The minimum Gasteiger partial charge on any atom is -0.467 e. The SMILES string of the molecule is CC(C)(C)OC(=O)CCOCc1ccco1. The van der Waals surface area contributed by atoms with Crippen LogP contribution in [0.25, 0.3) is 0 Å². The molecule has 0 bridgehead atoms. The number of carbonyl (C=O) groups excluding carboxylic acids is 1. The molecular formula is C12H18O4. The largest absolute Gasteiger partial charge is 0.467 e. The van der Waals surface area contributed by atoms with Gasteiger partial charge in [0.1, 0.15) is 18.0 Å². The Morgan fingerprint density at radius 3 is 2.75 bits per heavy atom. The highest BCUT2D eigenvalue weighted by Crippen LogP contribution is 2.08. The molecule has 0 aliphatic carbocycles. The Morgan fingerprint density at radius 2 is 2.19 bits per heavy atom. The van der Waals surface area contributed by atoms with E-state index in [2.05, 4.69) is 0 Å². The van der Waals surface area contributed by atoms with Gasteiger partial charge in [-0.3, -0.25) is 4.79 Å². The Balaban J connectivity index is 2.09. The van der Waals surface area contributed by atoms with Crippen molar-refractivity contribution in [2.24, 2.45) is 0 Å². The number of rotatable bonds is 5. The molecule has 16 heavy (non-hydrogen) atoms. The number of hydrogen-bond donors (Lipinski definition) is 0. The molecule has 0 aromatic carbocycles. The van der Waals surface area contributed by atoms with Crippen LogP contribution in [0.3, 0.4) is 0 Å². The van der Waals surface area contributed by atoms with Gasteiger partial charge in [0.2, 0.25) is 0 Å². The molecule has 0 radical (unpaired) electrons. The summed E-state index contributed by atoms with van der Waals surface area (Å²) in [6, 6.07) is 3.63. The van der Waals surface area contributed by atoms with Crippen LogP contribution >= 0.6 is 0 Å². The van der Waals surface area contributed by atoms with Gasteiger partial charge in [0.25, 0.3) is 0 Å². The summed E-state index contributed by atoms with van der Waals surface area (Å²) >= 11 is 0. The molecule has 0 aliphatic heterocycles. The minimum atomic E-state index is -0.432. The van der Waals surface area contributed by atoms with Crippen molar-refractivity contribution in [1.29, 1.82) is 0 Å². The Kier molecular flexibility index (Phi) is 4.55. The van der Waals surface area contributed by atoms with Crippen molar-refractivity contribution in [2.45, 2.75) is 39.4 Å². The monoisotopic (exact) mass is 226 g/mol. The number of furan rings is 1. The Hall–Kier alpha value is -1.29. The van der Waals surface area contributed by atoms with E-state index in [4.69, 9.17) is 13.9 Å². The topological polar surface area (TPSA) is 48.7 Å². The van der Waals surface area contributed by atoms with Crippen molar-refractivity contribution in [3.63, 3.8) is 0 Å². The molecule has 1 aromatic heterocycles. The molecule has 0 N–H and O–H groups in total. The van der Waals surface area contributed by atoms with Crippen LogP contribution in [0.5, 0.6) is 0 Å². The van der Waals surface area contributed by atoms with Crippen LogP contribution in [-0.4, -0.2) is 18.2 Å². The summed E-state index contributed by atoms with van der Waals surface area (Å²) in [6.07, 6.45) is 1.85. The van der Waals surface area contributed by atoms with Gasteiger partial charge >= 0.3 is 5.97 Å². The highest BCUT2D eigenvalue weighted by atomic mass is 16.6. The van der Waals surface area contributed by atoms with E-state index in [0.29, 0.717) is 13.2 Å². The van der Waals surface area contributed by atoms with E-state index in [1.165, 1.54) is 0 Å². The summed E-state index contributed by atoms with van der Waals surface area (Å²) in [5.74, 6) is 0.510. The molecular weight excluding hydrogens is 208 g/mol. The summed E-state index contributed by atoms with van der Waals surface area (Å²) in [4.78, 5) is 11.3. The Morgan fingerprint density at radius 1 is 1.44 bits per heavy atom. The molecule has 0 saturated carbocycles. The molecule has 1 rings (SSSR count). The molecule has 4 nitrogen and oxygen atoms in total. The smallest absolute Gasteiger partial charge is 0.308 e. The molecule has 1 aromatic rings. The molecule has 4 heteroatoms. The summed E-state index contributed by atoms with van der Waals surface area (Å²) in [5.41, 5.74) is -0.432. The van der Waals surface area contributed by atoms with Crippen LogP contribution in [0.2, 0.25) is 0 Å². The van der Waals surface area contributed by atoms with Crippen LogP contribution in [0.15, 0.2) is 22.8 Å². The first-order valence-corrected chi connectivity index (χ1v) is 5.29. The maximum Gasteiger partial charge on any atom is 0.308 e. The summed E-state index contributed by atoms with van der Waals surface area (Å²) < 4.78 is 15.5. The average molecular weight is 226 g/mol. The van der Waals surface area contributed by atoms with Crippen molar-refractivity contribution >= 4 is 5.97 Å². The summed E-state index contributed by atoms with van der Waals surface area (Å²) in [7, 11) is 0. The Labute approximate surface area is 95.5 Å². The Bertz CT molecular complexity index is 308. The molecule has 0 amide bonds. The quantitative estimate of drug-likeness (QED) is 0.571. The normalized spacial score (nSPS) is 11.4.